The molecule has 164 valence electrons. The number of anilines is 1. The van der Waals surface area contributed by atoms with E-state index in [1.54, 1.807) is 7.05 Å². The molecule has 0 unspecified atom stereocenters. The fourth-order valence-electron chi connectivity index (χ4n) is 2.77. The minimum absolute atomic E-state index is 0.0294. The molecular weight excluding hydrogens is 396 g/mol. The van der Waals surface area contributed by atoms with Crippen LogP contribution in [0.4, 0.5) is 5.82 Å². The largest absolute Gasteiger partial charge is 0.479 e. The number of guanidine groups is 1. The average Bonchev–Trinajstić information content (AvgIpc) is 2.66. The van der Waals surface area contributed by atoms with Gasteiger partial charge in [-0.3, -0.25) is 14.8 Å². The Morgan fingerprint density at radius 2 is 2.17 bits per heavy atom. The molecule has 0 saturated heterocycles. The van der Waals surface area contributed by atoms with E-state index < -0.39 is 42.0 Å². The standard InChI is InChI=1S/C17H26N8O5/c1-24(16(20)21)6-4-9(18)8-12(26)22-10-2-3-13(30-14(10)15(27)28)25-7-5-11(19)23-17(25)29/h2-3,5,7,9-10,13-14H,4,6,8,18H2,1H3,(H3,20,21)(H,22,26)(H,27,28)(H2,19,23,29)/t9-,10+,13+,14-/m0/s1. The number of nitrogens with two attached hydrogens (primary N) is 3. The van der Waals surface area contributed by atoms with Crippen molar-refractivity contribution < 1.29 is 19.4 Å². The summed E-state index contributed by atoms with van der Waals surface area (Å²) in [6.45, 7) is 0.403. The van der Waals surface area contributed by atoms with E-state index in [0.29, 0.717) is 13.0 Å². The number of carbonyl (C=O) groups is 2. The summed E-state index contributed by atoms with van der Waals surface area (Å²) in [5.41, 5.74) is 16.0. The van der Waals surface area contributed by atoms with Crippen molar-refractivity contribution in [2.24, 2.45) is 11.5 Å². The van der Waals surface area contributed by atoms with E-state index in [0.717, 1.165) is 4.57 Å². The molecule has 1 aliphatic rings. The van der Waals surface area contributed by atoms with Crippen LogP contribution in [0.25, 0.3) is 0 Å². The van der Waals surface area contributed by atoms with Crippen molar-refractivity contribution in [2.75, 3.05) is 19.3 Å². The van der Waals surface area contributed by atoms with E-state index in [4.69, 9.17) is 27.3 Å². The van der Waals surface area contributed by atoms with E-state index in [1.807, 2.05) is 0 Å². The smallest absolute Gasteiger partial charge is 0.351 e. The summed E-state index contributed by atoms with van der Waals surface area (Å²) in [7, 11) is 1.63. The first-order valence-corrected chi connectivity index (χ1v) is 9.10. The van der Waals surface area contributed by atoms with Gasteiger partial charge in [-0.25, -0.2) is 9.59 Å². The zero-order valence-corrected chi connectivity index (χ0v) is 16.4. The number of rotatable bonds is 8. The van der Waals surface area contributed by atoms with Crippen LogP contribution in [-0.2, 0) is 14.3 Å². The number of ether oxygens (including phenoxy) is 1. The third-order valence-corrected chi connectivity index (χ3v) is 4.49. The van der Waals surface area contributed by atoms with Gasteiger partial charge >= 0.3 is 11.7 Å². The molecule has 0 spiro atoms. The highest BCUT2D eigenvalue weighted by molar-refractivity contribution is 5.80. The average molecular weight is 422 g/mol. The molecular formula is C17H26N8O5. The van der Waals surface area contributed by atoms with Crippen LogP contribution in [0, 0.1) is 5.41 Å². The Kier molecular flexibility index (Phi) is 7.49. The molecule has 0 saturated carbocycles. The van der Waals surface area contributed by atoms with Crippen molar-refractivity contribution in [3.05, 3.63) is 34.9 Å². The topological polar surface area (TPSA) is 216 Å². The van der Waals surface area contributed by atoms with Crippen LogP contribution in [0.3, 0.4) is 0 Å². The number of nitrogen functional groups attached to an aromatic ring is 1. The maximum absolute atomic E-state index is 12.3. The van der Waals surface area contributed by atoms with Gasteiger partial charge in [0.05, 0.1) is 6.04 Å². The van der Waals surface area contributed by atoms with Crippen LogP contribution in [0.2, 0.25) is 0 Å². The third-order valence-electron chi connectivity index (χ3n) is 4.49. The molecule has 9 N–H and O–H groups in total. The SMILES string of the molecule is CN(CC[C@H](N)CC(=O)N[C@@H]1C=C[C@H](n2ccc(N)nc2=O)O[C@@H]1C(=O)O)C(=N)N. The summed E-state index contributed by atoms with van der Waals surface area (Å²) < 4.78 is 6.57. The first-order valence-electron chi connectivity index (χ1n) is 9.10. The summed E-state index contributed by atoms with van der Waals surface area (Å²) in [4.78, 5) is 40.9. The number of nitrogens with zero attached hydrogens (tertiary/aromatic N) is 3. The molecule has 30 heavy (non-hydrogen) atoms. The maximum atomic E-state index is 12.3. The van der Waals surface area contributed by atoms with E-state index in [1.165, 1.54) is 29.3 Å². The Bertz CT molecular complexity index is 885. The lowest BCUT2D eigenvalue weighted by Gasteiger charge is -2.31. The molecule has 13 heteroatoms. The Morgan fingerprint density at radius 1 is 1.47 bits per heavy atom. The van der Waals surface area contributed by atoms with Gasteiger partial charge in [-0.2, -0.15) is 4.98 Å². The van der Waals surface area contributed by atoms with Gasteiger partial charge in [0.1, 0.15) is 5.82 Å². The van der Waals surface area contributed by atoms with Crippen LogP contribution in [-0.4, -0.2) is 69.2 Å². The highest BCUT2D eigenvalue weighted by Crippen LogP contribution is 2.20. The fraction of sp³-hybridized carbons (Fsp3) is 0.471. The van der Waals surface area contributed by atoms with Crippen LogP contribution < -0.4 is 28.2 Å². The van der Waals surface area contributed by atoms with Gasteiger partial charge in [-0.05, 0) is 18.6 Å². The van der Waals surface area contributed by atoms with Gasteiger partial charge in [-0.15, -0.1) is 0 Å². The van der Waals surface area contributed by atoms with Crippen molar-refractivity contribution in [2.45, 2.75) is 37.3 Å². The van der Waals surface area contributed by atoms with Crippen LogP contribution in [0.1, 0.15) is 19.1 Å². The maximum Gasteiger partial charge on any atom is 0.351 e. The van der Waals surface area contributed by atoms with Gasteiger partial charge < -0.3 is 37.3 Å². The summed E-state index contributed by atoms with van der Waals surface area (Å²) in [5.74, 6) is -1.84. The Labute approximate surface area is 172 Å². The molecule has 1 aromatic heterocycles. The molecule has 1 amide bonds. The lowest BCUT2D eigenvalue weighted by molar-refractivity contribution is -0.159. The predicted molar refractivity (Wildman–Crippen MR) is 107 cm³/mol. The van der Waals surface area contributed by atoms with Crippen LogP contribution in [0.15, 0.2) is 29.2 Å². The Morgan fingerprint density at radius 3 is 2.77 bits per heavy atom. The molecule has 0 aliphatic carbocycles. The molecule has 0 bridgehead atoms. The molecule has 0 aromatic carbocycles. The zero-order chi connectivity index (χ0) is 22.4. The second-order valence-corrected chi connectivity index (χ2v) is 6.87. The quantitative estimate of drug-likeness (QED) is 0.151. The number of hydrogen-bond donors (Lipinski definition) is 6. The normalized spacial score (nSPS) is 21.6. The van der Waals surface area contributed by atoms with E-state index in [-0.39, 0.29) is 18.2 Å². The number of aromatic nitrogens is 2. The number of hydrogen-bond acceptors (Lipinski definition) is 8. The number of amides is 1. The molecule has 1 aromatic rings. The van der Waals surface area contributed by atoms with Gasteiger partial charge in [0.25, 0.3) is 0 Å². The third kappa shape index (κ3) is 6.02. The van der Waals surface area contributed by atoms with Gasteiger partial charge in [0.15, 0.2) is 18.3 Å². The minimum atomic E-state index is -1.42. The number of carboxylic acids is 1. The second-order valence-electron chi connectivity index (χ2n) is 6.87. The zero-order valence-electron chi connectivity index (χ0n) is 16.4. The Hall–Kier alpha value is -3.45. The highest BCUT2D eigenvalue weighted by Gasteiger charge is 2.35. The lowest BCUT2D eigenvalue weighted by atomic mass is 10.1. The van der Waals surface area contributed by atoms with E-state index in [2.05, 4.69) is 10.3 Å². The molecule has 0 fully saturated rings. The highest BCUT2D eigenvalue weighted by atomic mass is 16.5. The lowest BCUT2D eigenvalue weighted by Crippen LogP contribution is -2.51. The number of carboxylic acid groups (broad SMARTS) is 1. The van der Waals surface area contributed by atoms with Crippen molar-refractivity contribution in [3.63, 3.8) is 0 Å². The second kappa shape index (κ2) is 9.84. The first-order chi connectivity index (χ1) is 14.1. The molecule has 2 heterocycles. The van der Waals surface area contributed by atoms with Gasteiger partial charge in [-0.1, -0.05) is 6.08 Å². The van der Waals surface area contributed by atoms with Gasteiger partial charge in [0, 0.05) is 32.3 Å². The van der Waals surface area contributed by atoms with Crippen molar-refractivity contribution in [3.8, 4) is 0 Å². The van der Waals surface area contributed by atoms with Gasteiger partial charge in [0.2, 0.25) is 5.91 Å². The van der Waals surface area contributed by atoms with Crippen LogP contribution in [0.5, 0.6) is 0 Å². The number of carbonyl (C=O) groups excluding carboxylic acids is 1. The van der Waals surface area contributed by atoms with Crippen molar-refractivity contribution in [1.29, 1.82) is 5.41 Å². The molecule has 0 radical (unpaired) electrons. The predicted octanol–water partition coefficient (Wildman–Crippen LogP) is -2.22. The van der Waals surface area contributed by atoms with Crippen molar-refractivity contribution >= 4 is 23.7 Å². The molecule has 13 nitrogen and oxygen atoms in total. The monoisotopic (exact) mass is 422 g/mol. The Balaban J connectivity index is 2.01. The summed E-state index contributed by atoms with van der Waals surface area (Å²) >= 11 is 0. The van der Waals surface area contributed by atoms with E-state index in [9.17, 15) is 19.5 Å². The molecule has 2 rings (SSSR count). The summed E-state index contributed by atoms with van der Waals surface area (Å²) in [6.07, 6.45) is 2.17. The molecule has 4 atom stereocenters. The summed E-state index contributed by atoms with van der Waals surface area (Å²) in [5, 5.41) is 19.4. The fourth-order valence-corrected chi connectivity index (χ4v) is 2.77. The summed E-state index contributed by atoms with van der Waals surface area (Å²) in [6, 6.07) is -0.0702. The van der Waals surface area contributed by atoms with Crippen molar-refractivity contribution in [1.82, 2.24) is 19.8 Å². The minimum Gasteiger partial charge on any atom is -0.479 e. The molecule has 1 aliphatic heterocycles. The number of aliphatic carboxylic acids is 1. The van der Waals surface area contributed by atoms with Crippen LogP contribution >= 0.6 is 0 Å². The van der Waals surface area contributed by atoms with E-state index >= 15 is 0 Å². The number of nitrogens with one attached hydrogen (secondary N) is 2. The first kappa shape index (κ1) is 22.8.